The second-order valence-corrected chi connectivity index (χ2v) is 6.51. The molecule has 1 aromatic carbocycles. The van der Waals surface area contributed by atoms with Crippen molar-refractivity contribution >= 4 is 0 Å². The molecule has 4 rings (SSSR count). The van der Waals surface area contributed by atoms with Crippen LogP contribution in [0.25, 0.3) is 5.69 Å². The van der Waals surface area contributed by atoms with Gasteiger partial charge in [-0.05, 0) is 19.1 Å². The van der Waals surface area contributed by atoms with E-state index in [1.54, 1.807) is 6.33 Å². The summed E-state index contributed by atoms with van der Waals surface area (Å²) in [6.45, 7) is 6.18. The molecule has 0 N–H and O–H groups in total. The van der Waals surface area contributed by atoms with Gasteiger partial charge in [0.05, 0.1) is 24.9 Å². The number of morpholine rings is 1. The van der Waals surface area contributed by atoms with E-state index in [0.717, 1.165) is 44.2 Å². The first kappa shape index (κ1) is 14.8. The fourth-order valence-electron chi connectivity index (χ4n) is 3.62. The molecule has 2 atom stereocenters. The van der Waals surface area contributed by atoms with Crippen LogP contribution in [0.15, 0.2) is 36.7 Å². The second-order valence-electron chi connectivity index (χ2n) is 6.51. The minimum atomic E-state index is -0.144. The van der Waals surface area contributed by atoms with Crippen LogP contribution in [0.5, 0.6) is 0 Å². The van der Waals surface area contributed by atoms with Crippen LogP contribution in [0.2, 0.25) is 0 Å². The zero-order chi connectivity index (χ0) is 15.7. The van der Waals surface area contributed by atoms with Crippen molar-refractivity contribution in [3.63, 3.8) is 0 Å². The van der Waals surface area contributed by atoms with Crippen molar-refractivity contribution < 1.29 is 9.47 Å². The smallest absolute Gasteiger partial charge is 0.146 e. The molecule has 1 spiro atoms. The third kappa shape index (κ3) is 3.02. The van der Waals surface area contributed by atoms with E-state index < -0.39 is 0 Å². The third-order valence-corrected chi connectivity index (χ3v) is 4.53. The van der Waals surface area contributed by atoms with Gasteiger partial charge in [-0.3, -0.25) is 4.90 Å². The number of hydrogen-bond donors (Lipinski definition) is 0. The maximum atomic E-state index is 6.19. The van der Waals surface area contributed by atoms with Gasteiger partial charge in [0.1, 0.15) is 17.8 Å². The SMILES string of the molecule is C[C@@H]1CN(Cc2ncnn2-c2ccccc2)C[C@@]2(CCOC2)O1. The van der Waals surface area contributed by atoms with Crippen LogP contribution in [0.1, 0.15) is 19.2 Å². The second kappa shape index (κ2) is 6.03. The lowest BCUT2D eigenvalue weighted by atomic mass is 9.99. The molecule has 6 nitrogen and oxygen atoms in total. The summed E-state index contributed by atoms with van der Waals surface area (Å²) in [5, 5.41) is 4.38. The highest BCUT2D eigenvalue weighted by Gasteiger charge is 2.42. The van der Waals surface area contributed by atoms with Crippen LogP contribution < -0.4 is 0 Å². The number of aromatic nitrogens is 3. The molecule has 3 heterocycles. The van der Waals surface area contributed by atoms with E-state index in [9.17, 15) is 0 Å². The van der Waals surface area contributed by atoms with E-state index in [1.807, 2.05) is 35.0 Å². The summed E-state index contributed by atoms with van der Waals surface area (Å²) in [6.07, 6.45) is 2.80. The summed E-state index contributed by atoms with van der Waals surface area (Å²) >= 11 is 0. The van der Waals surface area contributed by atoms with Crippen molar-refractivity contribution in [2.45, 2.75) is 31.6 Å². The molecule has 0 aliphatic carbocycles. The zero-order valence-corrected chi connectivity index (χ0v) is 13.4. The molecule has 1 aromatic heterocycles. The Kier molecular flexibility index (Phi) is 3.88. The first-order chi connectivity index (χ1) is 11.2. The highest BCUT2D eigenvalue weighted by molar-refractivity contribution is 5.30. The largest absolute Gasteiger partial charge is 0.378 e. The monoisotopic (exact) mass is 314 g/mol. The van der Waals surface area contributed by atoms with Gasteiger partial charge >= 0.3 is 0 Å². The minimum Gasteiger partial charge on any atom is -0.378 e. The lowest BCUT2D eigenvalue weighted by molar-refractivity contribution is -0.149. The maximum Gasteiger partial charge on any atom is 0.146 e. The lowest BCUT2D eigenvalue weighted by Gasteiger charge is -2.42. The number of hydrogen-bond acceptors (Lipinski definition) is 5. The lowest BCUT2D eigenvalue weighted by Crippen LogP contribution is -2.55. The van der Waals surface area contributed by atoms with Gasteiger partial charge in [0.2, 0.25) is 0 Å². The van der Waals surface area contributed by atoms with Crippen molar-refractivity contribution in [1.82, 2.24) is 19.7 Å². The Balaban J connectivity index is 1.53. The minimum absolute atomic E-state index is 0.144. The van der Waals surface area contributed by atoms with Gasteiger partial charge in [-0.2, -0.15) is 5.10 Å². The van der Waals surface area contributed by atoms with Gasteiger partial charge in [-0.15, -0.1) is 0 Å². The fourth-order valence-corrected chi connectivity index (χ4v) is 3.62. The average Bonchev–Trinajstić information content (AvgIpc) is 3.17. The molecule has 2 saturated heterocycles. The Morgan fingerprint density at radius 1 is 1.30 bits per heavy atom. The number of benzene rings is 1. The average molecular weight is 314 g/mol. The molecule has 23 heavy (non-hydrogen) atoms. The molecular formula is C17H22N4O2. The Morgan fingerprint density at radius 2 is 2.17 bits per heavy atom. The molecule has 0 bridgehead atoms. The standard InChI is InChI=1S/C17H22N4O2/c1-14-9-20(11-17(23-14)7-8-22-12-17)10-16-18-13-19-21(16)15-5-3-2-4-6-15/h2-6,13-14H,7-12H2,1H3/t14-,17-/m1/s1. The number of ether oxygens (including phenoxy) is 2. The Labute approximate surface area is 136 Å². The van der Waals surface area contributed by atoms with E-state index in [0.29, 0.717) is 6.61 Å². The molecule has 122 valence electrons. The predicted octanol–water partition coefficient (Wildman–Crippen LogP) is 1.65. The van der Waals surface area contributed by atoms with Gasteiger partial charge < -0.3 is 9.47 Å². The molecule has 0 saturated carbocycles. The Hall–Kier alpha value is -1.76. The van der Waals surface area contributed by atoms with Gasteiger partial charge in [0, 0.05) is 26.1 Å². The first-order valence-electron chi connectivity index (χ1n) is 8.16. The van der Waals surface area contributed by atoms with Crippen molar-refractivity contribution in [3.05, 3.63) is 42.5 Å². The van der Waals surface area contributed by atoms with Gasteiger partial charge in [-0.25, -0.2) is 9.67 Å². The molecule has 0 amide bonds. The summed E-state index contributed by atoms with van der Waals surface area (Å²) in [5.41, 5.74) is 0.898. The van der Waals surface area contributed by atoms with E-state index in [4.69, 9.17) is 9.47 Å². The van der Waals surface area contributed by atoms with Gasteiger partial charge in [0.15, 0.2) is 0 Å². The molecule has 2 aliphatic rings. The van der Waals surface area contributed by atoms with Crippen LogP contribution in [-0.2, 0) is 16.0 Å². The Morgan fingerprint density at radius 3 is 2.96 bits per heavy atom. The molecule has 2 fully saturated rings. The number of rotatable bonds is 3. The summed E-state index contributed by atoms with van der Waals surface area (Å²) < 4.78 is 13.7. The molecule has 2 aliphatic heterocycles. The van der Waals surface area contributed by atoms with Crippen molar-refractivity contribution in [2.24, 2.45) is 0 Å². The molecule has 0 unspecified atom stereocenters. The maximum absolute atomic E-state index is 6.19. The summed E-state index contributed by atoms with van der Waals surface area (Å²) in [5.74, 6) is 0.958. The van der Waals surface area contributed by atoms with Gasteiger partial charge in [0.25, 0.3) is 0 Å². The molecular weight excluding hydrogens is 292 g/mol. The zero-order valence-electron chi connectivity index (χ0n) is 13.4. The molecule has 0 radical (unpaired) electrons. The summed E-state index contributed by atoms with van der Waals surface area (Å²) in [7, 11) is 0. The van der Waals surface area contributed by atoms with E-state index >= 15 is 0 Å². The van der Waals surface area contributed by atoms with Crippen LogP contribution in [0, 0.1) is 0 Å². The molecule has 2 aromatic rings. The number of para-hydroxylation sites is 1. The first-order valence-corrected chi connectivity index (χ1v) is 8.16. The highest BCUT2D eigenvalue weighted by atomic mass is 16.6. The highest BCUT2D eigenvalue weighted by Crippen LogP contribution is 2.30. The van der Waals surface area contributed by atoms with Crippen molar-refractivity contribution in [3.8, 4) is 5.69 Å². The number of nitrogens with zero attached hydrogens (tertiary/aromatic N) is 4. The summed E-state index contributed by atoms with van der Waals surface area (Å²) in [4.78, 5) is 6.87. The van der Waals surface area contributed by atoms with Gasteiger partial charge in [-0.1, -0.05) is 18.2 Å². The molecule has 6 heteroatoms. The van der Waals surface area contributed by atoms with Crippen molar-refractivity contribution in [1.29, 1.82) is 0 Å². The fraction of sp³-hybridized carbons (Fsp3) is 0.529. The van der Waals surface area contributed by atoms with Crippen molar-refractivity contribution in [2.75, 3.05) is 26.3 Å². The van der Waals surface area contributed by atoms with E-state index in [-0.39, 0.29) is 11.7 Å². The van der Waals surface area contributed by atoms with E-state index in [1.165, 1.54) is 0 Å². The van der Waals surface area contributed by atoms with E-state index in [2.05, 4.69) is 21.9 Å². The quantitative estimate of drug-likeness (QED) is 0.862. The topological polar surface area (TPSA) is 52.4 Å². The van der Waals surface area contributed by atoms with Crippen LogP contribution in [-0.4, -0.2) is 57.7 Å². The normalized spacial score (nSPS) is 28.5. The predicted molar refractivity (Wildman–Crippen MR) is 85.4 cm³/mol. The summed E-state index contributed by atoms with van der Waals surface area (Å²) in [6, 6.07) is 10.1. The van der Waals surface area contributed by atoms with Crippen LogP contribution in [0.3, 0.4) is 0 Å². The third-order valence-electron chi connectivity index (χ3n) is 4.53. The van der Waals surface area contributed by atoms with Crippen LogP contribution in [0.4, 0.5) is 0 Å². The van der Waals surface area contributed by atoms with Crippen LogP contribution >= 0.6 is 0 Å². The Bertz CT molecular complexity index is 652.